The number of nitrogens with one attached hydrogen (secondary N) is 1. The molecular formula is C38H45N3O7S. The van der Waals surface area contributed by atoms with E-state index in [1.165, 1.54) is 37.3 Å². The van der Waals surface area contributed by atoms with E-state index in [1.807, 2.05) is 82.3 Å². The van der Waals surface area contributed by atoms with Crippen LogP contribution in [-0.4, -0.2) is 64.6 Å². The molecular weight excluding hydrogens is 642 g/mol. The number of carbonyl (C=O) groups excluding carboxylic acids is 2. The Morgan fingerprint density at radius 3 is 2.10 bits per heavy atom. The monoisotopic (exact) mass is 687 g/mol. The smallest absolute Gasteiger partial charge is 0.264 e. The van der Waals surface area contributed by atoms with Gasteiger partial charge in [-0.1, -0.05) is 60.2 Å². The minimum Gasteiger partial charge on any atom is -0.494 e. The van der Waals surface area contributed by atoms with Crippen LogP contribution in [-0.2, 0) is 32.6 Å². The minimum atomic E-state index is -4.36. The summed E-state index contributed by atoms with van der Waals surface area (Å²) in [5, 5.41) is 2.97. The van der Waals surface area contributed by atoms with E-state index in [-0.39, 0.29) is 41.2 Å². The summed E-state index contributed by atoms with van der Waals surface area (Å²) in [6, 6.07) is 26.7. The Morgan fingerprint density at radius 2 is 1.49 bits per heavy atom. The van der Waals surface area contributed by atoms with Crippen molar-refractivity contribution in [3.63, 3.8) is 0 Å². The molecule has 0 unspecified atom stereocenters. The van der Waals surface area contributed by atoms with Crippen LogP contribution in [0.15, 0.2) is 102 Å². The Labute approximate surface area is 289 Å². The number of hydrogen-bond acceptors (Lipinski definition) is 7. The summed E-state index contributed by atoms with van der Waals surface area (Å²) in [6.07, 6.45) is 0.225. The molecule has 0 fully saturated rings. The fourth-order valence-corrected chi connectivity index (χ4v) is 6.88. The molecule has 0 aliphatic heterocycles. The number of benzene rings is 4. The van der Waals surface area contributed by atoms with Crippen LogP contribution in [0.4, 0.5) is 5.69 Å². The van der Waals surface area contributed by atoms with Gasteiger partial charge in [0.25, 0.3) is 10.0 Å². The summed E-state index contributed by atoms with van der Waals surface area (Å²) in [6.45, 7) is 7.44. The summed E-state index contributed by atoms with van der Waals surface area (Å²) < 4.78 is 46.3. The van der Waals surface area contributed by atoms with Crippen molar-refractivity contribution in [1.82, 2.24) is 10.2 Å². The lowest BCUT2D eigenvalue weighted by atomic mass is 10.0. The molecule has 2 amide bonds. The lowest BCUT2D eigenvalue weighted by Gasteiger charge is -2.34. The largest absolute Gasteiger partial charge is 0.494 e. The molecule has 260 valence electrons. The van der Waals surface area contributed by atoms with Crippen LogP contribution in [0, 0.1) is 6.92 Å². The third-order valence-electron chi connectivity index (χ3n) is 7.80. The van der Waals surface area contributed by atoms with E-state index in [4.69, 9.17) is 14.2 Å². The maximum absolute atomic E-state index is 14.7. The van der Waals surface area contributed by atoms with Crippen LogP contribution >= 0.6 is 0 Å². The van der Waals surface area contributed by atoms with Crippen LogP contribution < -0.4 is 23.8 Å². The molecule has 49 heavy (non-hydrogen) atoms. The second kappa shape index (κ2) is 16.9. The molecule has 1 atom stereocenters. The van der Waals surface area contributed by atoms with E-state index in [9.17, 15) is 18.0 Å². The van der Waals surface area contributed by atoms with Gasteiger partial charge in [0.15, 0.2) is 11.5 Å². The van der Waals surface area contributed by atoms with E-state index in [1.54, 1.807) is 24.3 Å². The van der Waals surface area contributed by atoms with Crippen LogP contribution in [0.5, 0.6) is 17.2 Å². The molecule has 0 saturated heterocycles. The highest BCUT2D eigenvalue weighted by Crippen LogP contribution is 2.33. The number of aryl methyl sites for hydroxylation is 1. The Balaban J connectivity index is 1.84. The zero-order chi connectivity index (χ0) is 35.6. The Bertz CT molecular complexity index is 1810. The minimum absolute atomic E-state index is 0.0804. The number of rotatable bonds is 16. The van der Waals surface area contributed by atoms with Crippen molar-refractivity contribution in [2.24, 2.45) is 0 Å². The molecule has 0 saturated carbocycles. The first-order valence-electron chi connectivity index (χ1n) is 16.1. The number of amides is 2. The first-order valence-corrected chi connectivity index (χ1v) is 17.6. The predicted octanol–water partition coefficient (Wildman–Crippen LogP) is 5.77. The molecule has 11 heteroatoms. The van der Waals surface area contributed by atoms with E-state index in [0.717, 1.165) is 21.0 Å². The molecule has 1 N–H and O–H groups in total. The summed E-state index contributed by atoms with van der Waals surface area (Å²) in [5.74, 6) is 0.232. The van der Waals surface area contributed by atoms with E-state index < -0.39 is 28.5 Å². The van der Waals surface area contributed by atoms with E-state index in [0.29, 0.717) is 18.1 Å². The van der Waals surface area contributed by atoms with Gasteiger partial charge in [-0.05, 0) is 75.2 Å². The summed E-state index contributed by atoms with van der Waals surface area (Å²) >= 11 is 0. The van der Waals surface area contributed by atoms with Crippen molar-refractivity contribution in [2.75, 3.05) is 31.7 Å². The van der Waals surface area contributed by atoms with E-state index in [2.05, 4.69) is 5.32 Å². The van der Waals surface area contributed by atoms with Gasteiger partial charge in [0.05, 0.1) is 31.4 Å². The first kappa shape index (κ1) is 36.8. The second-order valence-corrected chi connectivity index (χ2v) is 13.7. The lowest BCUT2D eigenvalue weighted by molar-refractivity contribution is -0.140. The summed E-state index contributed by atoms with van der Waals surface area (Å²) in [5.41, 5.74) is 2.89. The molecule has 0 spiro atoms. The lowest BCUT2D eigenvalue weighted by Crippen LogP contribution is -2.54. The maximum Gasteiger partial charge on any atom is 0.264 e. The zero-order valence-corrected chi connectivity index (χ0v) is 29.7. The Kier molecular flexibility index (Phi) is 12.7. The molecule has 0 aliphatic carbocycles. The highest BCUT2D eigenvalue weighted by molar-refractivity contribution is 7.92. The van der Waals surface area contributed by atoms with Gasteiger partial charge in [-0.15, -0.1) is 0 Å². The van der Waals surface area contributed by atoms with Crippen molar-refractivity contribution >= 4 is 27.5 Å². The number of carbonyl (C=O) groups is 2. The molecule has 0 aliphatic rings. The maximum atomic E-state index is 14.7. The quantitative estimate of drug-likeness (QED) is 0.159. The molecule has 4 aromatic rings. The van der Waals surface area contributed by atoms with Crippen molar-refractivity contribution < 1.29 is 32.2 Å². The highest BCUT2D eigenvalue weighted by Gasteiger charge is 2.35. The van der Waals surface area contributed by atoms with Gasteiger partial charge < -0.3 is 24.4 Å². The third kappa shape index (κ3) is 9.54. The number of nitrogens with zero attached hydrogens (tertiary/aromatic N) is 2. The van der Waals surface area contributed by atoms with E-state index >= 15 is 0 Å². The van der Waals surface area contributed by atoms with Crippen molar-refractivity contribution in [3.05, 3.63) is 114 Å². The van der Waals surface area contributed by atoms with Crippen molar-refractivity contribution in [2.45, 2.75) is 57.6 Å². The van der Waals surface area contributed by atoms with Gasteiger partial charge in [0.2, 0.25) is 11.8 Å². The number of ether oxygens (including phenoxy) is 3. The number of hydrogen-bond donors (Lipinski definition) is 1. The predicted molar refractivity (Wildman–Crippen MR) is 191 cm³/mol. The average Bonchev–Trinajstić information content (AvgIpc) is 3.09. The molecule has 0 radical (unpaired) electrons. The van der Waals surface area contributed by atoms with Crippen LogP contribution in [0.3, 0.4) is 0 Å². The highest BCUT2D eigenvalue weighted by atomic mass is 32.2. The van der Waals surface area contributed by atoms with Crippen LogP contribution in [0.1, 0.15) is 37.5 Å². The van der Waals surface area contributed by atoms with Crippen LogP contribution in [0.25, 0.3) is 0 Å². The molecule has 0 bridgehead atoms. The van der Waals surface area contributed by atoms with Gasteiger partial charge in [0, 0.05) is 25.1 Å². The fourth-order valence-electron chi connectivity index (χ4n) is 5.45. The fraction of sp³-hybridized carbons (Fsp3) is 0.316. The van der Waals surface area contributed by atoms with Gasteiger partial charge in [0.1, 0.15) is 18.3 Å². The first-order chi connectivity index (χ1) is 23.5. The van der Waals surface area contributed by atoms with Gasteiger partial charge in [-0.25, -0.2) is 8.42 Å². The zero-order valence-electron chi connectivity index (χ0n) is 28.9. The Morgan fingerprint density at radius 1 is 0.816 bits per heavy atom. The van der Waals surface area contributed by atoms with Crippen molar-refractivity contribution in [1.29, 1.82) is 0 Å². The standard InChI is InChI=1S/C38H45N3O7S/c1-7-48-32-18-16-31(17-19-32)41(49(44,45)33-20-21-35(46-5)36(24-33)47-6)26-37(42)40(25-30-15-11-12-28(4)22-30)34(38(43)39-27(2)3)23-29-13-9-8-10-14-29/h8-22,24,27,34H,7,23,25-26H2,1-6H3,(H,39,43)/t34-/m0/s1. The third-order valence-corrected chi connectivity index (χ3v) is 9.56. The number of anilines is 1. The number of methoxy groups -OCH3 is 2. The average molecular weight is 688 g/mol. The van der Waals surface area contributed by atoms with Gasteiger partial charge in [-0.2, -0.15) is 0 Å². The molecule has 0 heterocycles. The molecule has 0 aromatic heterocycles. The summed E-state index contributed by atoms with van der Waals surface area (Å²) in [7, 11) is -1.48. The topological polar surface area (TPSA) is 114 Å². The summed E-state index contributed by atoms with van der Waals surface area (Å²) in [4.78, 5) is 29.9. The molecule has 10 nitrogen and oxygen atoms in total. The molecule has 4 aromatic carbocycles. The Hall–Kier alpha value is -5.03. The SMILES string of the molecule is CCOc1ccc(N(CC(=O)N(Cc2cccc(C)c2)[C@@H](Cc2ccccc2)C(=O)NC(C)C)S(=O)(=O)c2ccc(OC)c(OC)c2)cc1. The molecule has 4 rings (SSSR count). The normalized spacial score (nSPS) is 11.8. The van der Waals surface area contributed by atoms with Crippen LogP contribution in [0.2, 0.25) is 0 Å². The van der Waals surface area contributed by atoms with Gasteiger partial charge >= 0.3 is 0 Å². The van der Waals surface area contributed by atoms with Gasteiger partial charge in [-0.3, -0.25) is 13.9 Å². The number of sulfonamides is 1. The van der Waals surface area contributed by atoms with Crippen molar-refractivity contribution in [3.8, 4) is 17.2 Å². The second-order valence-electron chi connectivity index (χ2n) is 11.8.